The van der Waals surface area contributed by atoms with Crippen molar-refractivity contribution in [3.8, 4) is 0 Å². The van der Waals surface area contributed by atoms with Gasteiger partial charge in [-0.25, -0.2) is 9.36 Å². The minimum absolute atomic E-state index is 0.359. The number of Topliss-reactive ketones (excluding diaryl/α,β-unsaturated/α-hetero) is 1. The van der Waals surface area contributed by atoms with Crippen molar-refractivity contribution in [2.24, 2.45) is 0 Å². The third-order valence-electron chi connectivity index (χ3n) is 6.19. The van der Waals surface area contributed by atoms with Gasteiger partial charge >= 0.3 is 0 Å². The zero-order valence-electron chi connectivity index (χ0n) is 18.5. The van der Waals surface area contributed by atoms with Gasteiger partial charge in [0.25, 0.3) is 0 Å². The predicted octanol–water partition coefficient (Wildman–Crippen LogP) is 3.99. The second kappa shape index (κ2) is 8.27. The van der Waals surface area contributed by atoms with Crippen molar-refractivity contribution in [1.82, 2.24) is 30.0 Å². The number of carbonyl (C=O) groups excluding carboxylic acids is 1. The molecule has 6 rings (SSSR count). The molecule has 1 unspecified atom stereocenters. The van der Waals surface area contributed by atoms with Gasteiger partial charge in [-0.15, -0.1) is 10.2 Å². The van der Waals surface area contributed by atoms with Crippen molar-refractivity contribution in [2.45, 2.75) is 11.8 Å². The van der Waals surface area contributed by atoms with Gasteiger partial charge in [0.15, 0.2) is 11.8 Å². The molecule has 35 heavy (non-hydrogen) atoms. The molecule has 4 aromatic carbocycles. The summed E-state index contributed by atoms with van der Waals surface area (Å²) in [4.78, 5) is 14.2. The highest BCUT2D eigenvalue weighted by Gasteiger charge is 2.50. The number of fused-ring (bicyclic) bond motifs is 2. The van der Waals surface area contributed by atoms with Crippen LogP contribution in [0.4, 0.5) is 0 Å². The van der Waals surface area contributed by atoms with E-state index < -0.39 is 17.6 Å². The number of para-hydroxylation sites is 2. The van der Waals surface area contributed by atoms with Crippen LogP contribution in [-0.2, 0) is 5.60 Å². The minimum Gasteiger partial charge on any atom is -0.373 e. The number of aliphatic hydroxyl groups is 1. The molecule has 0 amide bonds. The van der Waals surface area contributed by atoms with Crippen LogP contribution in [0, 0.1) is 0 Å². The van der Waals surface area contributed by atoms with Crippen molar-refractivity contribution in [3.05, 3.63) is 120 Å². The van der Waals surface area contributed by atoms with Gasteiger partial charge in [-0.05, 0) is 29.8 Å². The molecule has 0 spiro atoms. The fraction of sp³-hybridized carbons (Fsp3) is 0.0741. The van der Waals surface area contributed by atoms with Gasteiger partial charge in [-0.3, -0.25) is 4.79 Å². The summed E-state index contributed by atoms with van der Waals surface area (Å²) >= 11 is 0. The topological polar surface area (TPSA) is 98.7 Å². The van der Waals surface area contributed by atoms with E-state index in [1.54, 1.807) is 57.9 Å². The zero-order valence-corrected chi connectivity index (χ0v) is 18.5. The summed E-state index contributed by atoms with van der Waals surface area (Å²) in [5.74, 6) is -0.492. The van der Waals surface area contributed by atoms with Crippen LogP contribution in [-0.4, -0.2) is 40.9 Å². The lowest BCUT2D eigenvalue weighted by Crippen LogP contribution is -2.48. The smallest absolute Gasteiger partial charge is 0.203 e. The Kier molecular flexibility index (Phi) is 4.93. The highest BCUT2D eigenvalue weighted by Crippen LogP contribution is 2.39. The van der Waals surface area contributed by atoms with E-state index >= 15 is 0 Å². The lowest BCUT2D eigenvalue weighted by molar-refractivity contribution is -0.0168. The Hall–Kier alpha value is -4.69. The standard InChI is InChI=1S/C27H20N6O2/c34-25(19-11-3-1-4-12-19)27(35,20-13-5-2-6-14-20)26(32-23-17-9-7-15-21(23)28-30-32)33-24-18-10-8-16-22(24)29-31-33/h1-18,26,35H. The maximum absolute atomic E-state index is 14.2. The number of hydrogen-bond donors (Lipinski definition) is 1. The molecule has 0 aliphatic carbocycles. The predicted molar refractivity (Wildman–Crippen MR) is 131 cm³/mol. The number of nitrogens with zero attached hydrogens (tertiary/aromatic N) is 6. The first-order valence-electron chi connectivity index (χ1n) is 11.2. The molecule has 0 saturated heterocycles. The van der Waals surface area contributed by atoms with Crippen LogP contribution in [0.2, 0.25) is 0 Å². The molecule has 2 aromatic heterocycles. The van der Waals surface area contributed by atoms with E-state index in [2.05, 4.69) is 20.6 Å². The van der Waals surface area contributed by atoms with E-state index in [-0.39, 0.29) is 0 Å². The molecule has 6 aromatic rings. The van der Waals surface area contributed by atoms with Gasteiger partial charge in [-0.2, -0.15) is 0 Å². The molecular formula is C27H20N6O2. The highest BCUT2D eigenvalue weighted by atomic mass is 16.3. The van der Waals surface area contributed by atoms with Gasteiger partial charge < -0.3 is 5.11 Å². The SMILES string of the molecule is O=C(c1ccccc1)C(O)(c1ccccc1)C(n1nnc2ccccc21)n1nnc2ccccc21. The van der Waals surface area contributed by atoms with Gasteiger partial charge in [0.05, 0.1) is 11.0 Å². The summed E-state index contributed by atoms with van der Waals surface area (Å²) in [6.45, 7) is 0. The molecule has 0 aliphatic rings. The Balaban J connectivity index is 1.70. The number of rotatable bonds is 6. The van der Waals surface area contributed by atoms with Crippen LogP contribution in [0.5, 0.6) is 0 Å². The largest absolute Gasteiger partial charge is 0.373 e. The fourth-order valence-corrected chi connectivity index (χ4v) is 4.49. The Morgan fingerprint density at radius 3 is 1.66 bits per heavy atom. The number of ketones is 1. The van der Waals surface area contributed by atoms with E-state index in [0.29, 0.717) is 33.2 Å². The number of benzene rings is 4. The number of hydrogen-bond acceptors (Lipinski definition) is 6. The van der Waals surface area contributed by atoms with Gasteiger partial charge in [-0.1, -0.05) is 95.4 Å². The van der Waals surface area contributed by atoms with Crippen molar-refractivity contribution < 1.29 is 9.90 Å². The summed E-state index contributed by atoms with van der Waals surface area (Å²) < 4.78 is 3.09. The molecule has 0 saturated carbocycles. The molecular weight excluding hydrogens is 440 g/mol. The lowest BCUT2D eigenvalue weighted by Gasteiger charge is -2.35. The number of aromatic nitrogens is 6. The molecule has 0 radical (unpaired) electrons. The Labute approximate surface area is 200 Å². The Bertz CT molecular complexity index is 1570. The van der Waals surface area contributed by atoms with Gasteiger partial charge in [0.1, 0.15) is 11.0 Å². The summed E-state index contributed by atoms with van der Waals surface area (Å²) in [5, 5.41) is 30.0. The highest BCUT2D eigenvalue weighted by molar-refractivity contribution is 6.03. The van der Waals surface area contributed by atoms with Gasteiger partial charge in [0.2, 0.25) is 5.78 Å². The minimum atomic E-state index is -2.10. The van der Waals surface area contributed by atoms with Crippen molar-refractivity contribution >= 4 is 27.9 Å². The van der Waals surface area contributed by atoms with Crippen molar-refractivity contribution in [1.29, 1.82) is 0 Å². The van der Waals surface area contributed by atoms with Gasteiger partial charge in [0, 0.05) is 5.56 Å². The van der Waals surface area contributed by atoms with Crippen LogP contribution in [0.25, 0.3) is 22.1 Å². The normalized spacial score (nSPS) is 13.3. The number of carbonyl (C=O) groups is 1. The molecule has 1 N–H and O–H groups in total. The second-order valence-corrected chi connectivity index (χ2v) is 8.25. The van der Waals surface area contributed by atoms with E-state index in [0.717, 1.165) is 0 Å². The maximum atomic E-state index is 14.2. The van der Waals surface area contributed by atoms with E-state index in [4.69, 9.17) is 0 Å². The summed E-state index contributed by atoms with van der Waals surface area (Å²) in [5.41, 5.74) is 1.21. The van der Waals surface area contributed by atoms with E-state index in [9.17, 15) is 9.90 Å². The molecule has 8 heteroatoms. The van der Waals surface area contributed by atoms with Crippen LogP contribution in [0.3, 0.4) is 0 Å². The van der Waals surface area contributed by atoms with Crippen molar-refractivity contribution in [3.63, 3.8) is 0 Å². The third kappa shape index (κ3) is 3.31. The molecule has 170 valence electrons. The third-order valence-corrected chi connectivity index (χ3v) is 6.19. The first kappa shape index (κ1) is 20.9. The van der Waals surface area contributed by atoms with Crippen LogP contribution >= 0.6 is 0 Å². The Morgan fingerprint density at radius 1 is 0.657 bits per heavy atom. The van der Waals surface area contributed by atoms with E-state index in [1.165, 1.54) is 0 Å². The van der Waals surface area contributed by atoms with Crippen LogP contribution in [0.1, 0.15) is 22.1 Å². The molecule has 0 bridgehead atoms. The summed E-state index contributed by atoms with van der Waals surface area (Å²) in [6, 6.07) is 32.4. The lowest BCUT2D eigenvalue weighted by atomic mass is 9.83. The average molecular weight is 460 g/mol. The summed E-state index contributed by atoms with van der Waals surface area (Å²) in [6.07, 6.45) is -1.13. The zero-order chi connectivity index (χ0) is 23.8. The van der Waals surface area contributed by atoms with Crippen molar-refractivity contribution in [2.75, 3.05) is 0 Å². The quantitative estimate of drug-likeness (QED) is 0.377. The molecule has 0 fully saturated rings. The maximum Gasteiger partial charge on any atom is 0.203 e. The van der Waals surface area contributed by atoms with Crippen LogP contribution in [0.15, 0.2) is 109 Å². The molecule has 2 heterocycles. The average Bonchev–Trinajstić information content (AvgIpc) is 3.54. The monoisotopic (exact) mass is 460 g/mol. The Morgan fingerprint density at radius 2 is 1.11 bits per heavy atom. The molecule has 1 atom stereocenters. The first-order chi connectivity index (χ1) is 17.2. The van der Waals surface area contributed by atoms with E-state index in [1.807, 2.05) is 60.7 Å². The second-order valence-electron chi connectivity index (χ2n) is 8.25. The molecule has 8 nitrogen and oxygen atoms in total. The fourth-order valence-electron chi connectivity index (χ4n) is 4.49. The van der Waals surface area contributed by atoms with Crippen LogP contribution < -0.4 is 0 Å². The summed E-state index contributed by atoms with van der Waals surface area (Å²) in [7, 11) is 0. The first-order valence-corrected chi connectivity index (χ1v) is 11.2. The molecule has 0 aliphatic heterocycles.